The molecule has 0 spiro atoms. The second kappa shape index (κ2) is 30.7. The third-order valence-corrected chi connectivity index (χ3v) is 21.2. The first-order chi connectivity index (χ1) is 56.2. The summed E-state index contributed by atoms with van der Waals surface area (Å²) >= 11 is 0. The van der Waals surface area contributed by atoms with Gasteiger partial charge in [0.05, 0.1) is 56.2 Å². The Bertz CT molecular complexity index is 6450. The molecule has 0 unspecified atom stereocenters. The number of benzene rings is 14. The third kappa shape index (κ3) is 14.4. The number of pyridine rings is 4. The second-order valence-corrected chi connectivity index (χ2v) is 28.7. The molecular weight excluding hydrogens is 1390 g/mol. The van der Waals surface area contributed by atoms with Gasteiger partial charge in [0, 0.05) is 77.4 Å². The molecule has 114 heavy (non-hydrogen) atoms. The zero-order chi connectivity index (χ0) is 76.3. The van der Waals surface area contributed by atoms with Crippen molar-refractivity contribution in [2.45, 2.75) is 13.8 Å². The standard InChI is InChI=1S/2C53H36N4/c1-35-33-47(46-31-29-44-30-32-48(41-13-7-3-8-14-41)55-51(44)52(46)54-35)40-23-17-38(18-24-40)39-21-27-43(28-22-39)50-34-49(56-53(57-50)45-15-9-4-10-16-45)42-25-19-37(20-26-42)36-11-5-2-6-12-36;1-35-33-47(46-31-29-44-30-32-48(41-13-7-3-8-14-41)55-51(44)52(46)54-35)40-23-17-38(18-24-40)39-21-27-45(28-22-39)53-56-49(42-15-9-4-10-16-42)34-50(57-53)43-25-19-37(20-26-43)36-11-5-2-6-12-36/h2*2-34H,1H3. The van der Waals surface area contributed by atoms with E-state index in [9.17, 15) is 0 Å². The maximum Gasteiger partial charge on any atom is 0.160 e. The molecular formula is C106H72N8. The summed E-state index contributed by atoms with van der Waals surface area (Å²) in [6.07, 6.45) is 0. The molecule has 14 aromatic carbocycles. The van der Waals surface area contributed by atoms with Gasteiger partial charge in [0.2, 0.25) is 0 Å². The van der Waals surface area contributed by atoms with Gasteiger partial charge in [-0.2, -0.15) is 0 Å². The lowest BCUT2D eigenvalue weighted by atomic mass is 9.96. The minimum Gasteiger partial charge on any atom is -0.251 e. The van der Waals surface area contributed by atoms with Gasteiger partial charge in [0.25, 0.3) is 0 Å². The maximum absolute atomic E-state index is 5.12. The summed E-state index contributed by atoms with van der Waals surface area (Å²) in [6.45, 7) is 4.12. The van der Waals surface area contributed by atoms with Crippen LogP contribution in [0.15, 0.2) is 400 Å². The summed E-state index contributed by atoms with van der Waals surface area (Å²) in [7, 11) is 0. The fraction of sp³-hybridized carbons (Fsp3) is 0.0189. The predicted molar refractivity (Wildman–Crippen MR) is 471 cm³/mol. The van der Waals surface area contributed by atoms with Crippen molar-refractivity contribution in [1.82, 2.24) is 39.9 Å². The number of rotatable bonds is 14. The molecule has 536 valence electrons. The molecule has 8 heteroatoms. The normalized spacial score (nSPS) is 11.2. The number of nitrogens with zero attached hydrogens (tertiary/aromatic N) is 8. The molecule has 6 heterocycles. The molecule has 0 bridgehead atoms. The van der Waals surface area contributed by atoms with E-state index in [4.69, 9.17) is 39.9 Å². The van der Waals surface area contributed by atoms with Crippen LogP contribution >= 0.6 is 0 Å². The average molecular weight is 1460 g/mol. The average Bonchev–Trinajstić information content (AvgIpc) is 0.758. The van der Waals surface area contributed by atoms with Crippen LogP contribution in [0.3, 0.4) is 0 Å². The molecule has 0 saturated carbocycles. The van der Waals surface area contributed by atoms with E-state index < -0.39 is 0 Å². The van der Waals surface area contributed by atoms with E-state index in [1.165, 1.54) is 22.3 Å². The van der Waals surface area contributed by atoms with Crippen molar-refractivity contribution in [3.8, 4) is 157 Å². The molecule has 20 rings (SSSR count). The van der Waals surface area contributed by atoms with Gasteiger partial charge in [-0.15, -0.1) is 0 Å². The maximum atomic E-state index is 5.12. The van der Waals surface area contributed by atoms with Crippen molar-refractivity contribution in [3.63, 3.8) is 0 Å². The van der Waals surface area contributed by atoms with Gasteiger partial charge in [-0.05, 0) is 117 Å². The minimum atomic E-state index is 0.693. The summed E-state index contributed by atoms with van der Waals surface area (Å²) < 4.78 is 0. The van der Waals surface area contributed by atoms with E-state index >= 15 is 0 Å². The van der Waals surface area contributed by atoms with Crippen LogP contribution in [0, 0.1) is 13.8 Å². The number of fused-ring (bicyclic) bond motifs is 6. The van der Waals surface area contributed by atoms with Crippen molar-refractivity contribution in [2.75, 3.05) is 0 Å². The van der Waals surface area contributed by atoms with Crippen molar-refractivity contribution < 1.29 is 0 Å². The van der Waals surface area contributed by atoms with Gasteiger partial charge in [-0.25, -0.2) is 29.9 Å². The van der Waals surface area contributed by atoms with Gasteiger partial charge in [0.15, 0.2) is 11.6 Å². The highest BCUT2D eigenvalue weighted by Crippen LogP contribution is 2.40. The van der Waals surface area contributed by atoms with Crippen LogP contribution < -0.4 is 0 Å². The van der Waals surface area contributed by atoms with E-state index in [0.717, 1.165) is 178 Å². The number of aromatic nitrogens is 8. The molecule has 0 aliphatic carbocycles. The Labute approximate surface area is 662 Å². The molecule has 0 atom stereocenters. The molecule has 0 aliphatic rings. The molecule has 20 aromatic rings. The molecule has 8 nitrogen and oxygen atoms in total. The molecule has 0 radical (unpaired) electrons. The number of hydrogen-bond acceptors (Lipinski definition) is 8. The zero-order valence-corrected chi connectivity index (χ0v) is 62.7. The van der Waals surface area contributed by atoms with Crippen LogP contribution in [0.4, 0.5) is 0 Å². The second-order valence-electron chi connectivity index (χ2n) is 28.7. The third-order valence-electron chi connectivity index (χ3n) is 21.2. The largest absolute Gasteiger partial charge is 0.251 e. The Kier molecular flexibility index (Phi) is 18.7. The lowest BCUT2D eigenvalue weighted by Gasteiger charge is -2.12. The van der Waals surface area contributed by atoms with E-state index in [1.54, 1.807) is 0 Å². The quantitative estimate of drug-likeness (QED) is 0.0992. The lowest BCUT2D eigenvalue weighted by molar-refractivity contribution is 1.18. The van der Waals surface area contributed by atoms with E-state index in [0.29, 0.717) is 11.6 Å². The van der Waals surface area contributed by atoms with Crippen molar-refractivity contribution in [2.24, 2.45) is 0 Å². The van der Waals surface area contributed by atoms with Crippen LogP contribution in [0.1, 0.15) is 11.4 Å². The lowest BCUT2D eigenvalue weighted by Crippen LogP contribution is -1.96. The number of aryl methyl sites for hydroxylation is 2. The van der Waals surface area contributed by atoms with E-state index in [-0.39, 0.29) is 0 Å². The molecule has 0 N–H and O–H groups in total. The highest BCUT2D eigenvalue weighted by atomic mass is 14.9. The highest BCUT2D eigenvalue weighted by Gasteiger charge is 2.19. The molecule has 6 aromatic heterocycles. The first kappa shape index (κ1) is 69.3. The Hall–Kier alpha value is -15.1. The Morgan fingerprint density at radius 2 is 0.368 bits per heavy atom. The van der Waals surface area contributed by atoms with Gasteiger partial charge < -0.3 is 0 Å². The molecule has 0 fully saturated rings. The first-order valence-corrected chi connectivity index (χ1v) is 38.4. The number of hydrogen-bond donors (Lipinski definition) is 0. The fourth-order valence-corrected chi connectivity index (χ4v) is 15.2. The van der Waals surface area contributed by atoms with Gasteiger partial charge in [0.1, 0.15) is 0 Å². The topological polar surface area (TPSA) is 103 Å². The molecule has 0 aliphatic heterocycles. The summed E-state index contributed by atoms with van der Waals surface area (Å²) in [5.74, 6) is 1.40. The Morgan fingerprint density at radius 3 is 0.675 bits per heavy atom. The van der Waals surface area contributed by atoms with Crippen LogP contribution in [-0.4, -0.2) is 39.9 Å². The first-order valence-electron chi connectivity index (χ1n) is 38.4. The summed E-state index contributed by atoms with van der Waals surface area (Å²) in [5.41, 5.74) is 33.2. The smallest absolute Gasteiger partial charge is 0.160 e. The molecule has 0 amide bonds. The van der Waals surface area contributed by atoms with Crippen molar-refractivity contribution in [1.29, 1.82) is 0 Å². The fourth-order valence-electron chi connectivity index (χ4n) is 15.2. The van der Waals surface area contributed by atoms with Crippen LogP contribution in [0.5, 0.6) is 0 Å². The highest BCUT2D eigenvalue weighted by molar-refractivity contribution is 6.10. The van der Waals surface area contributed by atoms with Crippen LogP contribution in [0.25, 0.3) is 201 Å². The molecule has 0 saturated heterocycles. The van der Waals surface area contributed by atoms with Crippen LogP contribution in [-0.2, 0) is 0 Å². The zero-order valence-electron chi connectivity index (χ0n) is 62.7. The monoisotopic (exact) mass is 1460 g/mol. The summed E-state index contributed by atoms with van der Waals surface area (Å²) in [4.78, 5) is 40.5. The predicted octanol–water partition coefficient (Wildman–Crippen LogP) is 27.1. The Morgan fingerprint density at radius 1 is 0.149 bits per heavy atom. The van der Waals surface area contributed by atoms with Gasteiger partial charge in [-0.3, -0.25) is 9.97 Å². The van der Waals surface area contributed by atoms with Gasteiger partial charge >= 0.3 is 0 Å². The summed E-state index contributed by atoms with van der Waals surface area (Å²) in [5, 5.41) is 4.34. The van der Waals surface area contributed by atoms with Crippen molar-refractivity contribution in [3.05, 3.63) is 412 Å². The van der Waals surface area contributed by atoms with Crippen LogP contribution in [0.2, 0.25) is 0 Å². The van der Waals surface area contributed by atoms with Crippen molar-refractivity contribution >= 4 is 43.6 Å². The van der Waals surface area contributed by atoms with E-state index in [1.807, 2.05) is 84.9 Å². The van der Waals surface area contributed by atoms with E-state index in [2.05, 4.69) is 329 Å². The SMILES string of the molecule is Cc1cc(-c2ccc(-c3ccc(-c4cc(-c5ccc(-c6ccccc6)cc5)nc(-c5ccccc5)n4)cc3)cc2)c2ccc3ccc(-c4ccccc4)nc3c2n1.Cc1cc(-c2ccc(-c3ccc(-c4nc(-c5ccccc5)cc(-c5ccc(-c6ccccc6)cc5)n4)cc3)cc2)c2ccc3ccc(-c4ccccc4)nc3c2n1. The Balaban J connectivity index is 0.000000153. The summed E-state index contributed by atoms with van der Waals surface area (Å²) in [6, 6.07) is 140. The van der Waals surface area contributed by atoms with Gasteiger partial charge in [-0.1, -0.05) is 364 Å². The minimum absolute atomic E-state index is 0.693.